The first-order valence-electron chi connectivity index (χ1n) is 6.42. The Morgan fingerprint density at radius 3 is 2.76 bits per heavy atom. The summed E-state index contributed by atoms with van der Waals surface area (Å²) in [6.07, 6.45) is 7.49. The molecule has 4 nitrogen and oxygen atoms in total. The summed E-state index contributed by atoms with van der Waals surface area (Å²) in [7, 11) is 1.85. The van der Waals surface area contributed by atoms with E-state index in [0.717, 1.165) is 44.3 Å². The topological polar surface area (TPSA) is 46.9 Å². The fraction of sp³-hybridized carbons (Fsp3) is 0.692. The molecule has 0 spiro atoms. The second kappa shape index (κ2) is 5.00. The molecule has 0 unspecified atom stereocenters. The quantitative estimate of drug-likeness (QED) is 0.809. The molecule has 1 aliphatic rings. The van der Waals surface area contributed by atoms with Crippen LogP contribution in [0.1, 0.15) is 43.0 Å². The number of hydrogen-bond acceptors (Lipinski definition) is 3. The maximum absolute atomic E-state index is 12.6. The molecule has 1 aliphatic heterocycles. The van der Waals surface area contributed by atoms with Crippen molar-refractivity contribution in [3.8, 4) is 0 Å². The van der Waals surface area contributed by atoms with Crippen LogP contribution in [0.15, 0.2) is 12.4 Å². The lowest BCUT2D eigenvalue weighted by Gasteiger charge is -2.35. The van der Waals surface area contributed by atoms with Crippen molar-refractivity contribution < 1.29 is 4.79 Å². The Kier molecular flexibility index (Phi) is 3.62. The smallest absolute Gasteiger partial charge is 0.172 e. The Balaban J connectivity index is 2.23. The monoisotopic (exact) mass is 235 g/mol. The Morgan fingerprint density at radius 1 is 1.53 bits per heavy atom. The van der Waals surface area contributed by atoms with Gasteiger partial charge in [-0.05, 0) is 32.4 Å². The molecule has 1 fully saturated rings. The van der Waals surface area contributed by atoms with Crippen molar-refractivity contribution in [3.63, 3.8) is 0 Å². The number of aromatic nitrogens is 2. The third-order valence-electron chi connectivity index (χ3n) is 3.74. The number of rotatable bonds is 4. The number of hydrogen-bond donors (Lipinski definition) is 1. The molecule has 0 atom stereocenters. The van der Waals surface area contributed by atoms with Crippen LogP contribution in [0.4, 0.5) is 0 Å². The molecule has 0 aliphatic carbocycles. The Bertz CT molecular complexity index is 386. The van der Waals surface area contributed by atoms with Crippen LogP contribution in [0.2, 0.25) is 0 Å². The van der Waals surface area contributed by atoms with Crippen LogP contribution < -0.4 is 5.32 Å². The second-order valence-electron chi connectivity index (χ2n) is 5.01. The number of aryl methyl sites for hydroxylation is 1. The fourth-order valence-corrected chi connectivity index (χ4v) is 2.82. The van der Waals surface area contributed by atoms with Gasteiger partial charge in [0.1, 0.15) is 0 Å². The van der Waals surface area contributed by atoms with Gasteiger partial charge < -0.3 is 5.32 Å². The van der Waals surface area contributed by atoms with Crippen LogP contribution >= 0.6 is 0 Å². The van der Waals surface area contributed by atoms with Gasteiger partial charge in [-0.1, -0.05) is 13.3 Å². The summed E-state index contributed by atoms with van der Waals surface area (Å²) in [5, 5.41) is 7.44. The summed E-state index contributed by atoms with van der Waals surface area (Å²) >= 11 is 0. The Morgan fingerprint density at radius 2 is 2.24 bits per heavy atom. The molecule has 0 radical (unpaired) electrons. The van der Waals surface area contributed by atoms with Crippen LogP contribution in [0, 0.1) is 5.41 Å². The van der Waals surface area contributed by atoms with Crippen LogP contribution in [-0.4, -0.2) is 28.7 Å². The van der Waals surface area contributed by atoms with Gasteiger partial charge >= 0.3 is 0 Å². The molecule has 17 heavy (non-hydrogen) atoms. The van der Waals surface area contributed by atoms with Gasteiger partial charge in [-0.25, -0.2) is 0 Å². The minimum Gasteiger partial charge on any atom is -0.317 e. The highest BCUT2D eigenvalue weighted by molar-refractivity contribution is 6.00. The zero-order chi connectivity index (χ0) is 12.3. The molecule has 4 heteroatoms. The van der Waals surface area contributed by atoms with Gasteiger partial charge in [0, 0.05) is 18.7 Å². The van der Waals surface area contributed by atoms with Crippen LogP contribution in [0.3, 0.4) is 0 Å². The lowest BCUT2D eigenvalue weighted by Crippen LogP contribution is -2.42. The van der Waals surface area contributed by atoms with Crippen molar-refractivity contribution >= 4 is 5.78 Å². The van der Waals surface area contributed by atoms with Crippen LogP contribution in [0.25, 0.3) is 0 Å². The summed E-state index contributed by atoms with van der Waals surface area (Å²) in [6.45, 7) is 4.05. The van der Waals surface area contributed by atoms with E-state index in [0.29, 0.717) is 0 Å². The van der Waals surface area contributed by atoms with E-state index < -0.39 is 0 Å². The lowest BCUT2D eigenvalue weighted by molar-refractivity contribution is 0.0704. The molecule has 0 aromatic carbocycles. The van der Waals surface area contributed by atoms with E-state index in [-0.39, 0.29) is 11.2 Å². The van der Waals surface area contributed by atoms with Crippen molar-refractivity contribution in [2.45, 2.75) is 32.6 Å². The number of carbonyl (C=O) groups is 1. The molecule has 94 valence electrons. The zero-order valence-corrected chi connectivity index (χ0v) is 10.7. The first-order valence-corrected chi connectivity index (χ1v) is 6.42. The third kappa shape index (κ3) is 2.41. The van der Waals surface area contributed by atoms with E-state index in [2.05, 4.69) is 17.3 Å². The predicted octanol–water partition coefficient (Wildman–Crippen LogP) is 1.77. The molecule has 1 aromatic rings. The molecule has 1 aromatic heterocycles. The van der Waals surface area contributed by atoms with Crippen molar-refractivity contribution in [3.05, 3.63) is 18.0 Å². The van der Waals surface area contributed by atoms with E-state index in [1.807, 2.05) is 13.2 Å². The summed E-state index contributed by atoms with van der Waals surface area (Å²) < 4.78 is 1.70. The highest BCUT2D eigenvalue weighted by Crippen LogP contribution is 2.37. The SMILES string of the molecule is CCCC1(C(=O)c2cnn(C)c2)CCNCC1. The second-order valence-corrected chi connectivity index (χ2v) is 5.01. The van der Waals surface area contributed by atoms with Gasteiger partial charge in [0.2, 0.25) is 0 Å². The number of Topliss-reactive ketones (excluding diaryl/α,β-unsaturated/α-hetero) is 1. The van der Waals surface area contributed by atoms with Gasteiger partial charge in [0.05, 0.1) is 11.8 Å². The van der Waals surface area contributed by atoms with Gasteiger partial charge in [-0.15, -0.1) is 0 Å². The highest BCUT2D eigenvalue weighted by atomic mass is 16.1. The summed E-state index contributed by atoms with van der Waals surface area (Å²) in [5.41, 5.74) is 0.617. The largest absolute Gasteiger partial charge is 0.317 e. The molecule has 0 bridgehead atoms. The average Bonchev–Trinajstić information content (AvgIpc) is 2.76. The molecule has 1 N–H and O–H groups in total. The minimum absolute atomic E-state index is 0.150. The standard InChI is InChI=1S/C13H21N3O/c1-3-4-13(5-7-14-8-6-13)12(17)11-9-15-16(2)10-11/h9-10,14H,3-8H2,1-2H3. The molecule has 2 rings (SSSR count). The zero-order valence-electron chi connectivity index (χ0n) is 10.7. The number of piperidine rings is 1. The Labute approximate surface area is 102 Å². The van der Waals surface area contributed by atoms with Gasteiger partial charge in [-0.3, -0.25) is 9.48 Å². The predicted molar refractivity (Wildman–Crippen MR) is 67.0 cm³/mol. The van der Waals surface area contributed by atoms with Crippen molar-refractivity contribution in [1.29, 1.82) is 0 Å². The van der Waals surface area contributed by atoms with Crippen LogP contribution in [0.5, 0.6) is 0 Å². The maximum Gasteiger partial charge on any atom is 0.172 e. The maximum atomic E-state index is 12.6. The van der Waals surface area contributed by atoms with E-state index in [9.17, 15) is 4.79 Å². The molecule has 0 amide bonds. The number of nitrogens with zero attached hydrogens (tertiary/aromatic N) is 2. The first kappa shape index (κ1) is 12.3. The van der Waals surface area contributed by atoms with E-state index in [4.69, 9.17) is 0 Å². The van der Waals surface area contributed by atoms with Crippen LogP contribution in [-0.2, 0) is 7.05 Å². The Hall–Kier alpha value is -1.16. The summed E-state index contributed by atoms with van der Waals surface area (Å²) in [6, 6.07) is 0. The average molecular weight is 235 g/mol. The number of ketones is 1. The summed E-state index contributed by atoms with van der Waals surface area (Å²) in [5.74, 6) is 0.286. The van der Waals surface area contributed by atoms with Crippen molar-refractivity contribution in [2.24, 2.45) is 12.5 Å². The van der Waals surface area contributed by atoms with Gasteiger partial charge in [0.15, 0.2) is 5.78 Å². The highest BCUT2D eigenvalue weighted by Gasteiger charge is 2.39. The molecule has 0 saturated carbocycles. The van der Waals surface area contributed by atoms with E-state index >= 15 is 0 Å². The fourth-order valence-electron chi connectivity index (χ4n) is 2.82. The molecule has 2 heterocycles. The summed E-state index contributed by atoms with van der Waals surface area (Å²) in [4.78, 5) is 12.6. The van der Waals surface area contributed by atoms with E-state index in [1.165, 1.54) is 0 Å². The van der Waals surface area contributed by atoms with Crippen molar-refractivity contribution in [2.75, 3.05) is 13.1 Å². The third-order valence-corrected chi connectivity index (χ3v) is 3.74. The molecular weight excluding hydrogens is 214 g/mol. The lowest BCUT2D eigenvalue weighted by atomic mass is 9.70. The normalized spacial score (nSPS) is 19.2. The number of carbonyl (C=O) groups excluding carboxylic acids is 1. The van der Waals surface area contributed by atoms with Crippen molar-refractivity contribution in [1.82, 2.24) is 15.1 Å². The molecular formula is C13H21N3O. The van der Waals surface area contributed by atoms with Gasteiger partial charge in [0.25, 0.3) is 0 Å². The minimum atomic E-state index is -0.150. The van der Waals surface area contributed by atoms with E-state index in [1.54, 1.807) is 10.9 Å². The molecule has 1 saturated heterocycles. The number of nitrogens with one attached hydrogen (secondary N) is 1. The van der Waals surface area contributed by atoms with Gasteiger partial charge in [-0.2, -0.15) is 5.10 Å². The first-order chi connectivity index (χ1) is 8.18.